The molecule has 0 aliphatic heterocycles. The van der Waals surface area contributed by atoms with Crippen molar-refractivity contribution < 1.29 is 4.79 Å². The van der Waals surface area contributed by atoms with E-state index in [1.807, 2.05) is 6.92 Å². The zero-order valence-corrected chi connectivity index (χ0v) is 7.53. The minimum atomic E-state index is 0.0951. The number of halogens is 1. The number of amides is 1. The molecule has 0 aromatic carbocycles. The molecule has 1 fully saturated rings. The summed E-state index contributed by atoms with van der Waals surface area (Å²) >= 11 is 5.82. The first-order valence-electron chi connectivity index (χ1n) is 4.15. The van der Waals surface area contributed by atoms with Crippen LogP contribution in [0.4, 0.5) is 0 Å². The minimum absolute atomic E-state index is 0.0951. The van der Waals surface area contributed by atoms with Gasteiger partial charge in [0, 0.05) is 12.5 Å². The van der Waals surface area contributed by atoms with Crippen molar-refractivity contribution in [3.8, 4) is 0 Å². The highest BCUT2D eigenvalue weighted by molar-refractivity contribution is 6.20. The van der Waals surface area contributed by atoms with Gasteiger partial charge >= 0.3 is 0 Å². The van der Waals surface area contributed by atoms with Gasteiger partial charge in [-0.05, 0) is 19.3 Å². The quantitative estimate of drug-likeness (QED) is 0.646. The number of nitrogens with one attached hydrogen (secondary N) is 1. The Bertz CT molecular complexity index is 145. The Balaban J connectivity index is 2.05. The van der Waals surface area contributed by atoms with Gasteiger partial charge in [0.15, 0.2) is 0 Å². The molecule has 1 saturated carbocycles. The molecule has 64 valence electrons. The molecule has 0 spiro atoms. The van der Waals surface area contributed by atoms with Crippen LogP contribution in [0.15, 0.2) is 0 Å². The topological polar surface area (TPSA) is 29.1 Å². The Hall–Kier alpha value is -0.240. The van der Waals surface area contributed by atoms with Crippen molar-refractivity contribution >= 4 is 17.5 Å². The van der Waals surface area contributed by atoms with Gasteiger partial charge in [0.05, 0.1) is 5.38 Å². The van der Waals surface area contributed by atoms with Gasteiger partial charge in [-0.15, -0.1) is 11.6 Å². The molecule has 3 heteroatoms. The molecule has 0 heterocycles. The number of alkyl halides is 1. The highest BCUT2D eigenvalue weighted by Gasteiger charge is 2.29. The molecule has 1 atom stereocenters. The predicted molar refractivity (Wildman–Crippen MR) is 45.7 cm³/mol. The highest BCUT2D eigenvalue weighted by atomic mass is 35.5. The summed E-state index contributed by atoms with van der Waals surface area (Å²) in [6, 6.07) is 0. The van der Waals surface area contributed by atoms with E-state index in [9.17, 15) is 4.79 Å². The Morgan fingerprint density at radius 1 is 1.73 bits per heavy atom. The summed E-state index contributed by atoms with van der Waals surface area (Å²) in [4.78, 5) is 11.1. The number of carbonyl (C=O) groups excluding carboxylic acids is 1. The molecule has 2 nitrogen and oxygen atoms in total. The molecule has 1 rings (SSSR count). The second-order valence-corrected chi connectivity index (χ2v) is 3.64. The Morgan fingerprint density at radius 2 is 2.36 bits per heavy atom. The number of carbonyl (C=O) groups is 1. The third kappa shape index (κ3) is 3.10. The summed E-state index contributed by atoms with van der Waals surface area (Å²) in [5.41, 5.74) is 0. The van der Waals surface area contributed by atoms with Crippen LogP contribution in [-0.4, -0.2) is 17.8 Å². The van der Waals surface area contributed by atoms with Crippen molar-refractivity contribution in [2.45, 2.75) is 31.6 Å². The van der Waals surface area contributed by atoms with Crippen LogP contribution in [0.1, 0.15) is 26.2 Å². The second-order valence-electron chi connectivity index (χ2n) is 3.02. The zero-order chi connectivity index (χ0) is 8.27. The number of rotatable bonds is 4. The molecular weight excluding hydrogens is 162 g/mol. The molecule has 0 aromatic rings. The van der Waals surface area contributed by atoms with Crippen molar-refractivity contribution in [2.24, 2.45) is 5.92 Å². The van der Waals surface area contributed by atoms with Crippen molar-refractivity contribution in [1.82, 2.24) is 5.32 Å². The first-order chi connectivity index (χ1) is 5.24. The molecule has 1 N–H and O–H groups in total. The molecule has 0 radical (unpaired) electrons. The molecule has 0 bridgehead atoms. The summed E-state index contributed by atoms with van der Waals surface area (Å²) in [6.07, 6.45) is 3.03. The van der Waals surface area contributed by atoms with Crippen LogP contribution in [-0.2, 0) is 4.79 Å². The minimum Gasteiger partial charge on any atom is -0.354 e. The average Bonchev–Trinajstić information content (AvgIpc) is 2.81. The zero-order valence-electron chi connectivity index (χ0n) is 6.77. The average molecular weight is 176 g/mol. The van der Waals surface area contributed by atoms with E-state index in [1.165, 1.54) is 0 Å². The number of hydrogen-bond donors (Lipinski definition) is 1. The summed E-state index contributed by atoms with van der Waals surface area (Å²) in [5, 5.41) is 2.92. The van der Waals surface area contributed by atoms with Gasteiger partial charge in [-0.25, -0.2) is 0 Å². The third-order valence-electron chi connectivity index (χ3n) is 1.89. The van der Waals surface area contributed by atoms with E-state index in [2.05, 4.69) is 5.32 Å². The predicted octanol–water partition coefficient (Wildman–Crippen LogP) is 1.53. The molecular formula is C8H14ClNO. The number of hydrogen-bond acceptors (Lipinski definition) is 1. The van der Waals surface area contributed by atoms with E-state index in [4.69, 9.17) is 11.6 Å². The van der Waals surface area contributed by atoms with Crippen molar-refractivity contribution in [3.63, 3.8) is 0 Å². The van der Waals surface area contributed by atoms with E-state index in [0.29, 0.717) is 12.5 Å². The second kappa shape index (κ2) is 3.96. The molecule has 1 aliphatic carbocycles. The SMILES string of the molecule is CCC(Cl)CNC(=O)C1CC1. The van der Waals surface area contributed by atoms with Crippen LogP contribution in [0.25, 0.3) is 0 Å². The van der Waals surface area contributed by atoms with Crippen LogP contribution in [0.2, 0.25) is 0 Å². The first-order valence-corrected chi connectivity index (χ1v) is 4.59. The van der Waals surface area contributed by atoms with E-state index < -0.39 is 0 Å². The lowest BCUT2D eigenvalue weighted by molar-refractivity contribution is -0.122. The third-order valence-corrected chi connectivity index (χ3v) is 2.35. The normalized spacial score (nSPS) is 19.5. The van der Waals surface area contributed by atoms with Crippen LogP contribution in [0.3, 0.4) is 0 Å². The molecule has 1 unspecified atom stereocenters. The maximum Gasteiger partial charge on any atom is 0.223 e. The maximum atomic E-state index is 11.1. The summed E-state index contributed by atoms with van der Waals surface area (Å²) in [6.45, 7) is 2.63. The molecule has 0 saturated heterocycles. The Morgan fingerprint density at radius 3 is 2.82 bits per heavy atom. The molecule has 1 amide bonds. The van der Waals surface area contributed by atoms with Gasteiger partial charge in [-0.3, -0.25) is 4.79 Å². The van der Waals surface area contributed by atoms with Crippen molar-refractivity contribution in [3.05, 3.63) is 0 Å². The van der Waals surface area contributed by atoms with Gasteiger partial charge < -0.3 is 5.32 Å². The lowest BCUT2D eigenvalue weighted by Gasteiger charge is -2.07. The summed E-state index contributed by atoms with van der Waals surface area (Å²) in [7, 11) is 0. The van der Waals surface area contributed by atoms with Gasteiger partial charge in [0.25, 0.3) is 0 Å². The Kier molecular flexibility index (Phi) is 3.18. The van der Waals surface area contributed by atoms with Gasteiger partial charge in [-0.2, -0.15) is 0 Å². The van der Waals surface area contributed by atoms with Gasteiger partial charge in [0.1, 0.15) is 0 Å². The van der Waals surface area contributed by atoms with E-state index in [0.717, 1.165) is 19.3 Å². The lowest BCUT2D eigenvalue weighted by atomic mass is 10.3. The summed E-state index contributed by atoms with van der Waals surface area (Å²) < 4.78 is 0. The van der Waals surface area contributed by atoms with E-state index in [-0.39, 0.29) is 11.3 Å². The van der Waals surface area contributed by atoms with E-state index >= 15 is 0 Å². The van der Waals surface area contributed by atoms with Crippen molar-refractivity contribution in [1.29, 1.82) is 0 Å². The van der Waals surface area contributed by atoms with Gasteiger partial charge in [-0.1, -0.05) is 6.92 Å². The fourth-order valence-corrected chi connectivity index (χ4v) is 0.923. The highest BCUT2D eigenvalue weighted by Crippen LogP contribution is 2.28. The maximum absolute atomic E-state index is 11.1. The fraction of sp³-hybridized carbons (Fsp3) is 0.875. The van der Waals surface area contributed by atoms with Crippen LogP contribution >= 0.6 is 11.6 Å². The van der Waals surface area contributed by atoms with Crippen LogP contribution < -0.4 is 5.32 Å². The first kappa shape index (κ1) is 8.85. The smallest absolute Gasteiger partial charge is 0.223 e. The Labute approximate surface area is 72.3 Å². The monoisotopic (exact) mass is 175 g/mol. The summed E-state index contributed by atoms with van der Waals surface area (Å²) in [5.74, 6) is 0.486. The lowest BCUT2D eigenvalue weighted by Crippen LogP contribution is -2.30. The van der Waals surface area contributed by atoms with E-state index in [1.54, 1.807) is 0 Å². The van der Waals surface area contributed by atoms with Crippen molar-refractivity contribution in [2.75, 3.05) is 6.54 Å². The molecule has 11 heavy (non-hydrogen) atoms. The largest absolute Gasteiger partial charge is 0.354 e. The van der Waals surface area contributed by atoms with Crippen LogP contribution in [0.5, 0.6) is 0 Å². The molecule has 0 aromatic heterocycles. The van der Waals surface area contributed by atoms with Crippen LogP contribution in [0, 0.1) is 5.92 Å². The fourth-order valence-electron chi connectivity index (χ4n) is 0.846. The standard InChI is InChI=1S/C8H14ClNO/c1-2-7(9)5-10-8(11)6-3-4-6/h6-7H,2-5H2,1H3,(H,10,11). The molecule has 1 aliphatic rings. The van der Waals surface area contributed by atoms with Gasteiger partial charge in [0.2, 0.25) is 5.91 Å².